The number of carbonyl (C=O) groups is 1. The zero-order chi connectivity index (χ0) is 15.5. The Bertz CT molecular complexity index is 489. The van der Waals surface area contributed by atoms with Gasteiger partial charge in [-0.2, -0.15) is 5.10 Å². The van der Waals surface area contributed by atoms with Crippen molar-refractivity contribution in [3.05, 3.63) is 29.4 Å². The topological polar surface area (TPSA) is 60.9 Å². The van der Waals surface area contributed by atoms with Crippen LogP contribution >= 0.6 is 11.3 Å². The Hall–Kier alpha value is -1.46. The highest BCUT2D eigenvalue weighted by Crippen LogP contribution is 2.31. The number of aromatic nitrogens is 2. The van der Waals surface area contributed by atoms with Crippen molar-refractivity contribution in [3.8, 4) is 10.4 Å². The first-order valence-electron chi connectivity index (χ1n) is 6.84. The average Bonchev–Trinajstić information content (AvgIpc) is 3.12. The molecule has 2 N–H and O–H groups in total. The van der Waals surface area contributed by atoms with Crippen molar-refractivity contribution in [2.45, 2.75) is 40.2 Å². The lowest BCUT2D eigenvalue weighted by Crippen LogP contribution is -1.97. The molecule has 20 heavy (non-hydrogen) atoms. The molecule has 0 amide bonds. The maximum absolute atomic E-state index is 10.4. The molecule has 5 heteroatoms. The first-order chi connectivity index (χ1) is 9.70. The zero-order valence-electron chi connectivity index (χ0n) is 13.0. The largest absolute Gasteiger partial charge is 0.333 e. The fraction of sp³-hybridized carbons (Fsp3) is 0.467. The van der Waals surface area contributed by atoms with Gasteiger partial charge in [-0.1, -0.05) is 27.7 Å². The Morgan fingerprint density at radius 2 is 2.00 bits per heavy atom. The van der Waals surface area contributed by atoms with Crippen LogP contribution < -0.4 is 5.73 Å². The highest BCUT2D eigenvalue weighted by Gasteiger charge is 2.07. The minimum Gasteiger partial charge on any atom is -0.333 e. The molecule has 0 aliphatic heterocycles. The van der Waals surface area contributed by atoms with E-state index in [4.69, 9.17) is 0 Å². The van der Waals surface area contributed by atoms with Crippen molar-refractivity contribution in [3.63, 3.8) is 0 Å². The van der Waals surface area contributed by atoms with Crippen LogP contribution in [0.4, 0.5) is 0 Å². The highest BCUT2D eigenvalue weighted by molar-refractivity contribution is 7.15. The highest BCUT2D eigenvalue weighted by atomic mass is 32.1. The summed E-state index contributed by atoms with van der Waals surface area (Å²) in [6.45, 7) is 8.69. The van der Waals surface area contributed by atoms with Crippen LogP contribution in [0.25, 0.3) is 10.4 Å². The molecule has 0 aliphatic carbocycles. The van der Waals surface area contributed by atoms with Crippen molar-refractivity contribution in [1.29, 1.82) is 0 Å². The summed E-state index contributed by atoms with van der Waals surface area (Å²) in [6.07, 6.45) is 4.56. The minimum atomic E-state index is 0.322. The number of nitrogens with zero attached hydrogens (tertiary/aromatic N) is 2. The molecule has 2 aromatic heterocycles. The van der Waals surface area contributed by atoms with E-state index in [0.29, 0.717) is 12.5 Å². The Labute approximate surface area is 125 Å². The molecule has 0 bridgehead atoms. The molecule has 4 nitrogen and oxygen atoms in total. The van der Waals surface area contributed by atoms with Crippen LogP contribution in [0.15, 0.2) is 24.5 Å². The fourth-order valence-electron chi connectivity index (χ4n) is 1.49. The van der Waals surface area contributed by atoms with Crippen LogP contribution in [0.2, 0.25) is 0 Å². The van der Waals surface area contributed by atoms with Crippen LogP contribution in [-0.2, 0) is 11.3 Å². The van der Waals surface area contributed by atoms with E-state index in [1.165, 1.54) is 16.8 Å². The maximum Gasteiger partial charge on any atom is 0.141 e. The van der Waals surface area contributed by atoms with Gasteiger partial charge in [-0.25, -0.2) is 0 Å². The SMILES string of the molecule is CC.CC(C)c1ccc(-c2cnn(CC=O)c2)s1.CN. The van der Waals surface area contributed by atoms with E-state index < -0.39 is 0 Å². The second kappa shape index (κ2) is 10.3. The summed E-state index contributed by atoms with van der Waals surface area (Å²) in [5, 5.41) is 4.13. The van der Waals surface area contributed by atoms with Crippen LogP contribution in [0, 0.1) is 0 Å². The van der Waals surface area contributed by atoms with Crippen molar-refractivity contribution in [1.82, 2.24) is 9.78 Å². The quantitative estimate of drug-likeness (QED) is 0.878. The standard InChI is InChI=1S/C12H14N2OS.C2H6.CH5N/c1-9(2)11-3-4-12(16-11)10-7-13-14(8-10)5-6-15;2*1-2/h3-4,6-9H,5H2,1-2H3;1-2H3;2H2,1H3. The second-order valence-electron chi connectivity index (χ2n) is 3.97. The van der Waals surface area contributed by atoms with E-state index in [1.54, 1.807) is 22.2 Å². The van der Waals surface area contributed by atoms with Crippen molar-refractivity contribution in [2.75, 3.05) is 7.05 Å². The average molecular weight is 295 g/mol. The summed E-state index contributed by atoms with van der Waals surface area (Å²) >= 11 is 1.78. The lowest BCUT2D eigenvalue weighted by Gasteiger charge is -1.97. The summed E-state index contributed by atoms with van der Waals surface area (Å²) in [7, 11) is 1.50. The van der Waals surface area contributed by atoms with E-state index >= 15 is 0 Å². The Balaban J connectivity index is 0.000000829. The summed E-state index contributed by atoms with van der Waals surface area (Å²) in [5.74, 6) is 0.559. The zero-order valence-corrected chi connectivity index (χ0v) is 13.8. The third-order valence-electron chi connectivity index (χ3n) is 2.38. The number of aldehydes is 1. The first-order valence-corrected chi connectivity index (χ1v) is 7.66. The Kier molecular flexibility index (Phi) is 9.59. The molecule has 2 aromatic rings. The van der Waals surface area contributed by atoms with Crippen LogP contribution in [0.1, 0.15) is 38.5 Å². The summed E-state index contributed by atoms with van der Waals surface area (Å²) in [4.78, 5) is 12.9. The maximum atomic E-state index is 10.4. The van der Waals surface area contributed by atoms with Gasteiger partial charge in [-0.15, -0.1) is 11.3 Å². The van der Waals surface area contributed by atoms with Gasteiger partial charge in [-0.05, 0) is 25.1 Å². The molecule has 0 saturated heterocycles. The van der Waals surface area contributed by atoms with Crippen LogP contribution in [0.5, 0.6) is 0 Å². The molecule has 0 spiro atoms. The third kappa shape index (κ3) is 5.27. The van der Waals surface area contributed by atoms with Gasteiger partial charge in [0.1, 0.15) is 6.29 Å². The molecule has 0 aromatic carbocycles. The predicted molar refractivity (Wildman–Crippen MR) is 87.2 cm³/mol. The van der Waals surface area contributed by atoms with Gasteiger partial charge >= 0.3 is 0 Å². The lowest BCUT2D eigenvalue weighted by molar-refractivity contribution is -0.108. The van der Waals surface area contributed by atoms with E-state index in [2.05, 4.69) is 36.8 Å². The van der Waals surface area contributed by atoms with Crippen molar-refractivity contribution < 1.29 is 4.79 Å². The van der Waals surface area contributed by atoms with Gasteiger partial charge < -0.3 is 10.5 Å². The molecule has 112 valence electrons. The van der Waals surface area contributed by atoms with Gasteiger partial charge in [0.15, 0.2) is 0 Å². The number of rotatable bonds is 4. The van der Waals surface area contributed by atoms with Gasteiger partial charge in [-0.3, -0.25) is 4.68 Å². The number of nitrogens with two attached hydrogens (primary N) is 1. The van der Waals surface area contributed by atoms with Gasteiger partial charge in [0, 0.05) is 21.5 Å². The molecule has 0 atom stereocenters. The van der Waals surface area contributed by atoms with E-state index in [1.807, 2.05) is 20.0 Å². The monoisotopic (exact) mass is 295 g/mol. The van der Waals surface area contributed by atoms with Crippen molar-refractivity contribution >= 4 is 17.6 Å². The number of hydrogen-bond acceptors (Lipinski definition) is 4. The second-order valence-corrected chi connectivity index (χ2v) is 5.09. The Morgan fingerprint density at radius 3 is 2.50 bits per heavy atom. The summed E-state index contributed by atoms with van der Waals surface area (Å²) < 4.78 is 1.65. The number of thiophene rings is 1. The predicted octanol–water partition coefficient (Wildman–Crippen LogP) is 3.54. The summed E-state index contributed by atoms with van der Waals surface area (Å²) in [5.41, 5.74) is 5.58. The Morgan fingerprint density at radius 1 is 1.35 bits per heavy atom. The normalized spacial score (nSPS) is 9.35. The first kappa shape index (κ1) is 18.5. The van der Waals surface area contributed by atoms with Gasteiger partial charge in [0.25, 0.3) is 0 Å². The smallest absolute Gasteiger partial charge is 0.141 e. The van der Waals surface area contributed by atoms with E-state index in [-0.39, 0.29) is 0 Å². The van der Waals surface area contributed by atoms with Gasteiger partial charge in [0.2, 0.25) is 0 Å². The fourth-order valence-corrected chi connectivity index (χ4v) is 2.47. The lowest BCUT2D eigenvalue weighted by atomic mass is 10.2. The van der Waals surface area contributed by atoms with E-state index in [0.717, 1.165) is 11.8 Å². The molecule has 0 aliphatic rings. The van der Waals surface area contributed by atoms with Crippen molar-refractivity contribution in [2.24, 2.45) is 5.73 Å². The van der Waals surface area contributed by atoms with E-state index in [9.17, 15) is 4.79 Å². The molecular formula is C15H25N3OS. The number of carbonyl (C=O) groups excluding carboxylic acids is 1. The molecular weight excluding hydrogens is 270 g/mol. The summed E-state index contributed by atoms with van der Waals surface area (Å²) in [6, 6.07) is 4.27. The van der Waals surface area contributed by atoms with Crippen LogP contribution in [0.3, 0.4) is 0 Å². The van der Waals surface area contributed by atoms with Gasteiger partial charge in [0.05, 0.1) is 12.7 Å². The molecule has 0 saturated carbocycles. The van der Waals surface area contributed by atoms with Crippen LogP contribution in [-0.4, -0.2) is 23.1 Å². The number of hydrogen-bond donors (Lipinski definition) is 1. The molecule has 0 radical (unpaired) electrons. The molecule has 2 heterocycles. The molecule has 2 rings (SSSR count). The minimum absolute atomic E-state index is 0.322. The molecule has 0 fully saturated rings. The molecule has 0 unspecified atom stereocenters. The third-order valence-corrected chi connectivity index (χ3v) is 3.81.